The number of rotatable bonds is 25. The molecule has 2 unspecified atom stereocenters. The van der Waals surface area contributed by atoms with Crippen molar-refractivity contribution in [3.05, 3.63) is 219 Å². The fourth-order valence-electron chi connectivity index (χ4n) is 10.8. The number of phosphoric ester groups is 2. The number of hydrogen-bond acceptors (Lipinski definition) is 20. The summed E-state index contributed by atoms with van der Waals surface area (Å²) in [6, 6.07) is 44.4. The van der Waals surface area contributed by atoms with Gasteiger partial charge in [0.2, 0.25) is 11.9 Å². The number of amides is 2. The molecule has 2 aliphatic heterocycles. The largest absolute Gasteiger partial charge is 0.530 e. The van der Waals surface area contributed by atoms with Gasteiger partial charge in [0, 0.05) is 34.4 Å². The number of benzene rings is 6. The van der Waals surface area contributed by atoms with Gasteiger partial charge in [-0.1, -0.05) is 110 Å². The van der Waals surface area contributed by atoms with Crippen LogP contribution in [0, 0.1) is 5.92 Å². The summed E-state index contributed by atoms with van der Waals surface area (Å²) in [6.45, 7) is 2.28. The molecule has 486 valence electrons. The molecule has 26 nitrogen and oxygen atoms in total. The minimum atomic E-state index is -5.08. The number of ether oxygens (including phenoxy) is 5. The number of aromatic amines is 1. The van der Waals surface area contributed by atoms with Crippen LogP contribution in [0.1, 0.15) is 66.2 Å². The number of nitrogens with zero attached hydrogens (tertiary/aromatic N) is 7. The summed E-state index contributed by atoms with van der Waals surface area (Å²) in [6.07, 6.45) is -3.88. The first kappa shape index (κ1) is 65.2. The maximum atomic E-state index is 16.1. The molecule has 2 aliphatic rings. The van der Waals surface area contributed by atoms with Crippen molar-refractivity contribution in [1.82, 2.24) is 39.0 Å². The molecule has 94 heavy (non-hydrogen) atoms. The highest BCUT2D eigenvalue weighted by Crippen LogP contribution is 2.56. The van der Waals surface area contributed by atoms with Gasteiger partial charge in [-0.3, -0.25) is 52.3 Å². The van der Waals surface area contributed by atoms with Crippen molar-refractivity contribution < 1.29 is 69.9 Å². The second kappa shape index (κ2) is 28.0. The highest BCUT2D eigenvalue weighted by molar-refractivity contribution is 7.49. The highest BCUT2D eigenvalue weighted by Gasteiger charge is 2.49. The molecule has 2 amide bonds. The van der Waals surface area contributed by atoms with Crippen LogP contribution in [0.3, 0.4) is 0 Å². The summed E-state index contributed by atoms with van der Waals surface area (Å²) in [4.78, 5) is 75.9. The smallest absolute Gasteiger partial charge is 0.497 e. The van der Waals surface area contributed by atoms with Crippen LogP contribution in [0.15, 0.2) is 182 Å². The van der Waals surface area contributed by atoms with E-state index in [1.807, 2.05) is 78.9 Å². The monoisotopic (exact) mass is 1360 g/mol. The number of imidazole rings is 2. The van der Waals surface area contributed by atoms with Crippen molar-refractivity contribution >= 4 is 84.8 Å². The Hall–Kier alpha value is -8.88. The highest BCUT2D eigenvalue weighted by atomic mass is 35.5. The third-order valence-electron chi connectivity index (χ3n) is 15.4. The number of phosphoric acid groups is 2. The fourth-order valence-corrected chi connectivity index (χ4v) is 13.4. The lowest BCUT2D eigenvalue weighted by Gasteiger charge is -2.37. The average molecular weight is 1360 g/mol. The van der Waals surface area contributed by atoms with E-state index in [1.165, 1.54) is 72.1 Å². The SMILES string of the molecule is COc1ccc(C(OC[C@H]2O[C@@H](n3cnc4c(NC(=O)c5ccccc5)ncnc43)C[C@@H]2OP(=O)(OC[C@H]2O[C@@H](n3cnc4c(=O)[nH]c(NC(=O)C(C)C)nc43)C[C@@H]2OP(=O)(O)Oc2ccc(Cl)cc2)Oc2ccc(Cl)cc2)(c2ccccc2)c2ccc(OC)cc2)cc1. The molecule has 6 heterocycles. The number of nitrogens with one attached hydrogen (secondary N) is 3. The minimum absolute atomic E-state index is 0.0173. The van der Waals surface area contributed by atoms with Gasteiger partial charge in [0.25, 0.3) is 11.5 Å². The Balaban J connectivity index is 0.918. The molecule has 12 rings (SSSR count). The van der Waals surface area contributed by atoms with Crippen LogP contribution in [0.4, 0.5) is 11.8 Å². The van der Waals surface area contributed by atoms with Crippen LogP contribution < -0.4 is 34.7 Å². The molecule has 2 saturated heterocycles. The van der Waals surface area contributed by atoms with Crippen LogP contribution in [-0.2, 0) is 47.3 Å². The molecular formula is C64H60Cl2N10O16P2. The van der Waals surface area contributed by atoms with Gasteiger partial charge in [0.1, 0.15) is 71.8 Å². The van der Waals surface area contributed by atoms with Gasteiger partial charge in [-0.25, -0.2) is 29.1 Å². The molecule has 30 heteroatoms. The number of anilines is 2. The van der Waals surface area contributed by atoms with Crippen LogP contribution in [0.2, 0.25) is 10.0 Å². The molecule has 2 fully saturated rings. The Morgan fingerprint density at radius 2 is 1.17 bits per heavy atom. The number of carbonyl (C=O) groups is 2. The quantitative estimate of drug-likeness (QED) is 0.0305. The Morgan fingerprint density at radius 1 is 0.649 bits per heavy atom. The van der Waals surface area contributed by atoms with Gasteiger partial charge < -0.3 is 38.0 Å². The zero-order valence-corrected chi connectivity index (χ0v) is 53.8. The van der Waals surface area contributed by atoms with Crippen molar-refractivity contribution in [2.45, 2.75) is 69.2 Å². The van der Waals surface area contributed by atoms with Crippen LogP contribution in [-0.4, -0.2) is 108 Å². The Kier molecular flexibility index (Phi) is 19.4. The predicted molar refractivity (Wildman–Crippen MR) is 344 cm³/mol. The third-order valence-corrected chi connectivity index (χ3v) is 18.4. The summed E-state index contributed by atoms with van der Waals surface area (Å²) in [5.74, 6) is -0.328. The van der Waals surface area contributed by atoms with Gasteiger partial charge in [0.05, 0.1) is 40.1 Å². The molecule has 6 aromatic carbocycles. The van der Waals surface area contributed by atoms with Crippen molar-refractivity contribution in [3.8, 4) is 23.0 Å². The van der Waals surface area contributed by atoms with Crippen molar-refractivity contribution in [3.63, 3.8) is 0 Å². The topological polar surface area (TPSA) is 312 Å². The maximum absolute atomic E-state index is 16.1. The first-order chi connectivity index (χ1) is 45.4. The Bertz CT molecular complexity index is 4430. The van der Waals surface area contributed by atoms with Crippen molar-refractivity contribution in [1.29, 1.82) is 0 Å². The Labute approximate surface area is 546 Å². The first-order valence-electron chi connectivity index (χ1n) is 29.3. The normalized spacial score (nSPS) is 19.4. The van der Waals surface area contributed by atoms with E-state index in [9.17, 15) is 23.8 Å². The number of halogens is 2. The van der Waals surface area contributed by atoms with Crippen LogP contribution in [0.25, 0.3) is 22.3 Å². The fraction of sp³-hybridized carbons (Fsp3) is 0.250. The minimum Gasteiger partial charge on any atom is -0.497 e. The van der Waals surface area contributed by atoms with Gasteiger partial charge in [0.15, 0.2) is 28.1 Å². The molecule has 0 saturated carbocycles. The number of hydrogen-bond donors (Lipinski definition) is 4. The third kappa shape index (κ3) is 14.4. The number of aromatic nitrogens is 8. The molecule has 0 radical (unpaired) electrons. The lowest BCUT2D eigenvalue weighted by atomic mass is 9.80. The van der Waals surface area contributed by atoms with E-state index in [-0.39, 0.29) is 65.0 Å². The summed E-state index contributed by atoms with van der Waals surface area (Å²) in [7, 11) is -7.03. The molecule has 8 atom stereocenters. The van der Waals surface area contributed by atoms with Crippen molar-refractivity contribution in [2.75, 3.05) is 38.1 Å². The second-order valence-corrected chi connectivity index (χ2v) is 25.6. The van der Waals surface area contributed by atoms with E-state index in [0.29, 0.717) is 43.8 Å². The van der Waals surface area contributed by atoms with E-state index >= 15 is 4.57 Å². The van der Waals surface area contributed by atoms with E-state index in [4.69, 9.17) is 69.5 Å². The van der Waals surface area contributed by atoms with Crippen LogP contribution in [0.5, 0.6) is 23.0 Å². The summed E-state index contributed by atoms with van der Waals surface area (Å²) in [5, 5.41) is 6.07. The predicted octanol–water partition coefficient (Wildman–Crippen LogP) is 11.9. The Morgan fingerprint density at radius 3 is 1.76 bits per heavy atom. The number of methoxy groups -OCH3 is 2. The van der Waals surface area contributed by atoms with Gasteiger partial charge >= 0.3 is 15.6 Å². The molecule has 0 bridgehead atoms. The lowest BCUT2D eigenvalue weighted by molar-refractivity contribution is -0.118. The zero-order chi connectivity index (χ0) is 65.7. The van der Waals surface area contributed by atoms with Gasteiger partial charge in [-0.05, 0) is 102 Å². The standard InChI is InChI=1S/C64H60Cl2N10O16P2/c1-38(2)60(77)73-63-72-59-56(62(79)74-63)70-37-76(59)54-31-49(91-93(80,81)89-47-27-19-43(65)20-28-47)52(88-54)34-86-94(82,90-48-29-21-44(66)22-30-48)92-50-32-53(75-36-69-55-57(67-35-68-58(55)75)71-61(78)39-11-7-5-8-12-39)87-51(50)33-85-64(40-13-9-6-10-14-40,41-15-23-45(83-3)24-16-41)42-17-25-46(84-4)26-18-42/h5-30,35-38,49-54H,31-34H2,1-4H3,(H,80,81)(H,67,68,71,78)(H2,72,73,74,77,79)/t49-,50-,51+,52+,53+,54+,94?/m0/s1. The number of H-pyrrole nitrogens is 1. The number of fused-ring (bicyclic) bond motifs is 2. The summed E-state index contributed by atoms with van der Waals surface area (Å²) < 4.78 is 96.1. The molecule has 10 aromatic rings. The lowest BCUT2D eigenvalue weighted by Crippen LogP contribution is -2.38. The molecular weight excluding hydrogens is 1300 g/mol. The second-order valence-electron chi connectivity index (χ2n) is 21.9. The summed E-state index contributed by atoms with van der Waals surface area (Å²) >= 11 is 12.5. The van der Waals surface area contributed by atoms with E-state index in [0.717, 1.165) is 0 Å². The van der Waals surface area contributed by atoms with Crippen LogP contribution >= 0.6 is 38.8 Å². The van der Waals surface area contributed by atoms with Gasteiger partial charge in [-0.2, -0.15) is 4.98 Å². The van der Waals surface area contributed by atoms with E-state index < -0.39 is 88.0 Å². The number of carbonyl (C=O) groups excluding carboxylic acids is 2. The van der Waals surface area contributed by atoms with Crippen molar-refractivity contribution in [2.24, 2.45) is 5.92 Å². The molecule has 0 spiro atoms. The van der Waals surface area contributed by atoms with E-state index in [1.54, 1.807) is 63.0 Å². The first-order valence-corrected chi connectivity index (χ1v) is 33.0. The maximum Gasteiger partial charge on any atom is 0.530 e. The molecule has 4 N–H and O–H groups in total. The average Bonchev–Trinajstić information content (AvgIpc) is 1.77. The zero-order valence-electron chi connectivity index (χ0n) is 50.5. The molecule has 0 aliphatic carbocycles. The van der Waals surface area contributed by atoms with E-state index in [2.05, 4.69) is 40.5 Å². The summed E-state index contributed by atoms with van der Waals surface area (Å²) in [5.41, 5.74) is 0.648. The van der Waals surface area contributed by atoms with Gasteiger partial charge in [-0.15, -0.1) is 0 Å². The molecule has 4 aromatic heterocycles.